The predicted octanol–water partition coefficient (Wildman–Crippen LogP) is 8.09. The molecule has 0 saturated carbocycles. The highest BCUT2D eigenvalue weighted by Crippen LogP contribution is 2.34. The van der Waals surface area contributed by atoms with Crippen molar-refractivity contribution in [2.75, 3.05) is 0 Å². The van der Waals surface area contributed by atoms with Crippen LogP contribution in [0.3, 0.4) is 0 Å². The largest absolute Gasteiger partial charge is 0.135 e. The maximum atomic E-state index is 2.37. The molecule has 1 heterocycles. The van der Waals surface area contributed by atoms with Crippen molar-refractivity contribution in [1.82, 2.24) is 0 Å². The van der Waals surface area contributed by atoms with Crippen molar-refractivity contribution in [3.8, 4) is 0 Å². The summed E-state index contributed by atoms with van der Waals surface area (Å²) in [5.74, 6) is 0. The molecule has 0 nitrogen and oxygen atoms in total. The molecule has 2 aromatic carbocycles. The van der Waals surface area contributed by atoms with Gasteiger partial charge in [-0.25, -0.2) is 0 Å². The summed E-state index contributed by atoms with van der Waals surface area (Å²) in [7, 11) is 0. The van der Waals surface area contributed by atoms with Crippen LogP contribution in [0.5, 0.6) is 0 Å². The maximum Gasteiger partial charge on any atom is 0.0355 e. The van der Waals surface area contributed by atoms with E-state index in [9.17, 15) is 0 Å². The number of benzene rings is 2. The first-order chi connectivity index (χ1) is 12.5. The molecule has 0 aliphatic rings. The molecule has 0 spiro atoms. The highest BCUT2D eigenvalue weighted by Gasteiger charge is 2.07. The summed E-state index contributed by atoms with van der Waals surface area (Å²) in [6.45, 7) is 8.90. The Morgan fingerprint density at radius 3 is 2.54 bits per heavy atom. The van der Waals surface area contributed by atoms with Gasteiger partial charge in [0.05, 0.1) is 0 Å². The normalized spacial score (nSPS) is 13.6. The summed E-state index contributed by atoms with van der Waals surface area (Å²) < 4.78 is 2.74. The molecule has 0 radical (unpaired) electrons. The van der Waals surface area contributed by atoms with Crippen molar-refractivity contribution in [1.29, 1.82) is 0 Å². The van der Waals surface area contributed by atoms with Gasteiger partial charge in [-0.3, -0.25) is 0 Å². The van der Waals surface area contributed by atoms with Crippen LogP contribution in [0.25, 0.3) is 20.2 Å². The molecule has 1 heteroatoms. The Morgan fingerprint density at radius 1 is 1.00 bits per heavy atom. The molecule has 3 rings (SSSR count). The van der Waals surface area contributed by atoms with E-state index >= 15 is 0 Å². The Hall–Kier alpha value is -2.12. The third kappa shape index (κ3) is 4.74. The SMILES string of the molecule is C\C=C/C(=C\C=C/CC(C)(C)C)Cc1ccc2sc3ccccc3c2c1. The Kier molecular flexibility index (Phi) is 5.78. The van der Waals surface area contributed by atoms with Crippen LogP contribution in [0.1, 0.15) is 39.7 Å². The summed E-state index contributed by atoms with van der Waals surface area (Å²) in [5, 5.41) is 2.75. The zero-order valence-corrected chi connectivity index (χ0v) is 17.1. The van der Waals surface area contributed by atoms with E-state index in [1.54, 1.807) is 0 Å². The molecular formula is C25H28S. The van der Waals surface area contributed by atoms with Crippen molar-refractivity contribution >= 4 is 31.5 Å². The van der Waals surface area contributed by atoms with E-state index in [0.29, 0.717) is 5.41 Å². The van der Waals surface area contributed by atoms with Crippen LogP contribution in [0.15, 0.2) is 78.4 Å². The summed E-state index contributed by atoms with van der Waals surface area (Å²) >= 11 is 1.88. The number of allylic oxidation sites excluding steroid dienone is 6. The number of fused-ring (bicyclic) bond motifs is 3. The average Bonchev–Trinajstić information content (AvgIpc) is 2.96. The van der Waals surface area contributed by atoms with Crippen LogP contribution < -0.4 is 0 Å². The summed E-state index contributed by atoms with van der Waals surface area (Å²) in [4.78, 5) is 0. The van der Waals surface area contributed by atoms with E-state index in [4.69, 9.17) is 0 Å². The third-order valence-corrected chi connectivity index (χ3v) is 5.56. The van der Waals surface area contributed by atoms with Gasteiger partial charge in [-0.2, -0.15) is 0 Å². The second-order valence-corrected chi connectivity index (χ2v) is 9.12. The lowest BCUT2D eigenvalue weighted by molar-refractivity contribution is 0.420. The third-order valence-electron chi connectivity index (χ3n) is 4.41. The lowest BCUT2D eigenvalue weighted by Gasteiger charge is -2.14. The van der Waals surface area contributed by atoms with Crippen molar-refractivity contribution in [3.05, 3.63) is 84.0 Å². The van der Waals surface area contributed by atoms with Crippen LogP contribution in [-0.2, 0) is 6.42 Å². The number of hydrogen-bond acceptors (Lipinski definition) is 1. The monoisotopic (exact) mass is 360 g/mol. The van der Waals surface area contributed by atoms with Gasteiger partial charge in [-0.15, -0.1) is 11.3 Å². The number of thiophene rings is 1. The average molecular weight is 361 g/mol. The molecule has 0 N–H and O–H groups in total. The molecule has 0 fully saturated rings. The Morgan fingerprint density at radius 2 is 1.77 bits per heavy atom. The van der Waals surface area contributed by atoms with Gasteiger partial charge in [0.25, 0.3) is 0 Å². The summed E-state index contributed by atoms with van der Waals surface area (Å²) in [6, 6.07) is 15.6. The smallest absolute Gasteiger partial charge is 0.0355 e. The molecule has 0 atom stereocenters. The second kappa shape index (κ2) is 8.05. The van der Waals surface area contributed by atoms with Gasteiger partial charge < -0.3 is 0 Å². The summed E-state index contributed by atoms with van der Waals surface area (Å²) in [5.41, 5.74) is 3.06. The molecule has 0 bridgehead atoms. The topological polar surface area (TPSA) is 0 Å². The van der Waals surface area contributed by atoms with Crippen molar-refractivity contribution in [2.45, 2.75) is 40.5 Å². The molecule has 0 aliphatic carbocycles. The van der Waals surface area contributed by atoms with Crippen LogP contribution in [0, 0.1) is 5.41 Å². The molecule has 0 amide bonds. The number of hydrogen-bond donors (Lipinski definition) is 0. The molecule has 1 aromatic heterocycles. The molecule has 0 unspecified atom stereocenters. The van der Waals surface area contributed by atoms with E-state index < -0.39 is 0 Å². The minimum atomic E-state index is 0.343. The molecule has 0 aliphatic heterocycles. The Bertz CT molecular complexity index is 974. The van der Waals surface area contributed by atoms with Gasteiger partial charge in [0.15, 0.2) is 0 Å². The minimum absolute atomic E-state index is 0.343. The van der Waals surface area contributed by atoms with Crippen LogP contribution in [-0.4, -0.2) is 0 Å². The zero-order valence-electron chi connectivity index (χ0n) is 16.3. The first kappa shape index (κ1) is 18.7. The van der Waals surface area contributed by atoms with Crippen molar-refractivity contribution in [3.63, 3.8) is 0 Å². The van der Waals surface area contributed by atoms with Crippen LogP contribution in [0.2, 0.25) is 0 Å². The second-order valence-electron chi connectivity index (χ2n) is 8.04. The predicted molar refractivity (Wildman–Crippen MR) is 119 cm³/mol. The van der Waals surface area contributed by atoms with Gasteiger partial charge in [-0.1, -0.05) is 75.4 Å². The fraction of sp³-hybridized carbons (Fsp3) is 0.280. The van der Waals surface area contributed by atoms with Crippen molar-refractivity contribution < 1.29 is 0 Å². The van der Waals surface area contributed by atoms with E-state index in [-0.39, 0.29) is 0 Å². The lowest BCUT2D eigenvalue weighted by atomic mass is 9.92. The minimum Gasteiger partial charge on any atom is -0.135 e. The lowest BCUT2D eigenvalue weighted by Crippen LogP contribution is -2.01. The van der Waals surface area contributed by atoms with E-state index in [1.807, 2.05) is 11.3 Å². The van der Waals surface area contributed by atoms with E-state index in [1.165, 1.54) is 31.3 Å². The zero-order chi connectivity index (χ0) is 18.6. The highest BCUT2D eigenvalue weighted by atomic mass is 32.1. The first-order valence-corrected chi connectivity index (χ1v) is 10.2. The van der Waals surface area contributed by atoms with Crippen LogP contribution >= 0.6 is 11.3 Å². The van der Waals surface area contributed by atoms with Gasteiger partial charge in [0, 0.05) is 20.2 Å². The quantitative estimate of drug-likeness (QED) is 0.403. The molecule has 134 valence electrons. The van der Waals surface area contributed by atoms with Gasteiger partial charge in [0.2, 0.25) is 0 Å². The standard InChI is InChI=1S/C25H28S/c1-5-10-19(11-8-9-16-25(2,3)4)17-20-14-15-24-22(18-20)21-12-6-7-13-23(21)26-24/h5-15,18H,16-17H2,1-4H3/b9-8-,10-5-,19-11+. The van der Waals surface area contributed by atoms with Gasteiger partial charge >= 0.3 is 0 Å². The molecule has 0 saturated heterocycles. The Balaban J connectivity index is 1.85. The fourth-order valence-electron chi connectivity index (χ4n) is 3.12. The molecule has 26 heavy (non-hydrogen) atoms. The van der Waals surface area contributed by atoms with Crippen molar-refractivity contribution in [2.24, 2.45) is 5.41 Å². The van der Waals surface area contributed by atoms with Gasteiger partial charge in [0.1, 0.15) is 0 Å². The molecular weight excluding hydrogens is 332 g/mol. The van der Waals surface area contributed by atoms with E-state index in [0.717, 1.165) is 12.8 Å². The molecule has 3 aromatic rings. The number of rotatable bonds is 5. The maximum absolute atomic E-state index is 2.37. The fourth-order valence-corrected chi connectivity index (χ4v) is 4.21. The van der Waals surface area contributed by atoms with E-state index in [2.05, 4.69) is 101 Å². The van der Waals surface area contributed by atoms with Crippen LogP contribution in [0.4, 0.5) is 0 Å². The highest BCUT2D eigenvalue weighted by molar-refractivity contribution is 7.25. The van der Waals surface area contributed by atoms with Gasteiger partial charge in [-0.05, 0) is 54.5 Å². The Labute approximate surface area is 161 Å². The summed E-state index contributed by atoms with van der Waals surface area (Å²) in [6.07, 6.45) is 13.1. The first-order valence-electron chi connectivity index (χ1n) is 9.35.